The van der Waals surface area contributed by atoms with Crippen LogP contribution in [0.2, 0.25) is 0 Å². The van der Waals surface area contributed by atoms with Gasteiger partial charge in [-0.15, -0.1) is 0 Å². The molecule has 0 radical (unpaired) electrons. The summed E-state index contributed by atoms with van der Waals surface area (Å²) < 4.78 is 18.3. The normalized spacial score (nSPS) is 11.8. The molecule has 1 aromatic carbocycles. The topological polar surface area (TPSA) is 35.2 Å². The van der Waals surface area contributed by atoms with Crippen LogP contribution in [0.4, 0.5) is 4.39 Å². The van der Waals surface area contributed by atoms with Crippen molar-refractivity contribution < 1.29 is 9.13 Å². The van der Waals surface area contributed by atoms with Crippen molar-refractivity contribution in [1.82, 2.24) is 0 Å². The van der Waals surface area contributed by atoms with E-state index >= 15 is 0 Å². The lowest BCUT2D eigenvalue weighted by Gasteiger charge is -2.19. The summed E-state index contributed by atoms with van der Waals surface area (Å²) in [4.78, 5) is 0. The van der Waals surface area contributed by atoms with Gasteiger partial charge in [0.15, 0.2) is 0 Å². The van der Waals surface area contributed by atoms with E-state index in [1.807, 2.05) is 19.9 Å². The van der Waals surface area contributed by atoms with Gasteiger partial charge in [0, 0.05) is 18.2 Å². The average Bonchev–Trinajstić information content (AvgIpc) is 2.07. The fourth-order valence-electron chi connectivity index (χ4n) is 1.22. The summed E-state index contributed by atoms with van der Waals surface area (Å²) in [6.07, 6.45) is 0. The number of benzene rings is 1. The van der Waals surface area contributed by atoms with Crippen molar-refractivity contribution >= 4 is 0 Å². The monoisotopic (exact) mass is 197 g/mol. The van der Waals surface area contributed by atoms with E-state index in [0.29, 0.717) is 5.56 Å². The number of hydrogen-bond acceptors (Lipinski definition) is 2. The summed E-state index contributed by atoms with van der Waals surface area (Å²) >= 11 is 0. The molecular weight excluding hydrogens is 181 g/mol. The number of hydrogen-bond donors (Lipinski definition) is 1. The van der Waals surface area contributed by atoms with Gasteiger partial charge in [-0.1, -0.05) is 12.1 Å². The van der Waals surface area contributed by atoms with Crippen LogP contribution in [0, 0.1) is 5.82 Å². The van der Waals surface area contributed by atoms with Crippen molar-refractivity contribution in [1.29, 1.82) is 0 Å². The van der Waals surface area contributed by atoms with Crippen LogP contribution in [0.25, 0.3) is 0 Å². The Morgan fingerprint density at radius 2 is 2.07 bits per heavy atom. The van der Waals surface area contributed by atoms with E-state index in [4.69, 9.17) is 10.5 Å². The molecule has 0 amide bonds. The SMILES string of the molecule is COCc1ccc(C(C)(C)N)cc1F. The minimum Gasteiger partial charge on any atom is -0.380 e. The molecule has 1 aromatic rings. The Hall–Kier alpha value is -0.930. The largest absolute Gasteiger partial charge is 0.380 e. The first kappa shape index (κ1) is 11.1. The molecule has 0 aliphatic carbocycles. The Balaban J connectivity index is 3.01. The van der Waals surface area contributed by atoms with Gasteiger partial charge in [0.2, 0.25) is 0 Å². The molecule has 0 saturated heterocycles. The van der Waals surface area contributed by atoms with E-state index < -0.39 is 5.54 Å². The molecule has 0 aliphatic heterocycles. The Bertz CT molecular complexity index is 318. The highest BCUT2D eigenvalue weighted by Gasteiger charge is 2.15. The lowest BCUT2D eigenvalue weighted by atomic mass is 9.94. The molecule has 3 heteroatoms. The van der Waals surface area contributed by atoms with Gasteiger partial charge in [0.1, 0.15) is 5.82 Å². The van der Waals surface area contributed by atoms with E-state index in [1.54, 1.807) is 13.2 Å². The molecule has 0 fully saturated rings. The Morgan fingerprint density at radius 3 is 2.50 bits per heavy atom. The average molecular weight is 197 g/mol. The second-order valence-electron chi connectivity index (χ2n) is 3.96. The van der Waals surface area contributed by atoms with Crippen LogP contribution >= 0.6 is 0 Å². The van der Waals surface area contributed by atoms with Gasteiger partial charge in [-0.2, -0.15) is 0 Å². The molecule has 14 heavy (non-hydrogen) atoms. The lowest BCUT2D eigenvalue weighted by Crippen LogP contribution is -2.28. The molecule has 0 aliphatic rings. The van der Waals surface area contributed by atoms with Gasteiger partial charge in [-0.25, -0.2) is 4.39 Å². The number of halogens is 1. The minimum absolute atomic E-state index is 0.261. The summed E-state index contributed by atoms with van der Waals surface area (Å²) in [5.41, 5.74) is 6.69. The molecule has 2 nitrogen and oxygen atoms in total. The highest BCUT2D eigenvalue weighted by Crippen LogP contribution is 2.20. The number of nitrogens with two attached hydrogens (primary N) is 1. The highest BCUT2D eigenvalue weighted by molar-refractivity contribution is 5.28. The predicted molar refractivity (Wildman–Crippen MR) is 54.3 cm³/mol. The fraction of sp³-hybridized carbons (Fsp3) is 0.455. The molecule has 0 heterocycles. The van der Waals surface area contributed by atoms with Crippen LogP contribution in [0.5, 0.6) is 0 Å². The lowest BCUT2D eigenvalue weighted by molar-refractivity contribution is 0.181. The van der Waals surface area contributed by atoms with Gasteiger partial charge in [-0.05, 0) is 25.5 Å². The highest BCUT2D eigenvalue weighted by atomic mass is 19.1. The van der Waals surface area contributed by atoms with Gasteiger partial charge in [-0.3, -0.25) is 0 Å². The summed E-state index contributed by atoms with van der Waals surface area (Å²) in [6.45, 7) is 3.98. The maximum Gasteiger partial charge on any atom is 0.129 e. The zero-order valence-corrected chi connectivity index (χ0v) is 8.80. The fourth-order valence-corrected chi connectivity index (χ4v) is 1.22. The maximum atomic E-state index is 13.4. The third-order valence-electron chi connectivity index (χ3n) is 2.10. The predicted octanol–water partition coefficient (Wildman–Crippen LogP) is 2.17. The second-order valence-corrected chi connectivity index (χ2v) is 3.96. The summed E-state index contributed by atoms with van der Waals surface area (Å²) in [7, 11) is 1.54. The van der Waals surface area contributed by atoms with Gasteiger partial charge < -0.3 is 10.5 Å². The smallest absolute Gasteiger partial charge is 0.129 e. The number of methoxy groups -OCH3 is 1. The molecule has 0 saturated carbocycles. The molecule has 0 atom stereocenters. The zero-order valence-electron chi connectivity index (χ0n) is 8.80. The summed E-state index contributed by atoms with van der Waals surface area (Å²) in [6, 6.07) is 5.01. The first-order valence-electron chi connectivity index (χ1n) is 4.52. The molecule has 0 spiro atoms. The van der Waals surface area contributed by atoms with Crippen molar-refractivity contribution in [3.8, 4) is 0 Å². The van der Waals surface area contributed by atoms with Crippen LogP contribution in [-0.2, 0) is 16.9 Å². The maximum absolute atomic E-state index is 13.4. The third kappa shape index (κ3) is 2.53. The first-order chi connectivity index (χ1) is 6.45. The standard InChI is InChI=1S/C11H16FNO/c1-11(2,13)9-5-4-8(7-14-3)10(12)6-9/h4-6H,7,13H2,1-3H3. The van der Waals surface area contributed by atoms with Gasteiger partial charge in [0.05, 0.1) is 6.61 Å². The second kappa shape index (κ2) is 4.07. The molecule has 0 bridgehead atoms. The molecule has 2 N–H and O–H groups in total. The van der Waals surface area contributed by atoms with E-state index in [2.05, 4.69) is 0 Å². The molecule has 78 valence electrons. The summed E-state index contributed by atoms with van der Waals surface area (Å²) in [5, 5.41) is 0. The summed E-state index contributed by atoms with van der Waals surface area (Å²) in [5.74, 6) is -0.261. The van der Waals surface area contributed by atoms with Crippen LogP contribution in [0.1, 0.15) is 25.0 Å². The van der Waals surface area contributed by atoms with Gasteiger partial charge in [0.25, 0.3) is 0 Å². The van der Waals surface area contributed by atoms with E-state index in [0.717, 1.165) is 5.56 Å². The minimum atomic E-state index is -0.507. The van der Waals surface area contributed by atoms with Gasteiger partial charge >= 0.3 is 0 Å². The van der Waals surface area contributed by atoms with E-state index in [1.165, 1.54) is 6.07 Å². The quantitative estimate of drug-likeness (QED) is 0.806. The molecular formula is C11H16FNO. The molecule has 1 rings (SSSR count). The molecule has 0 aromatic heterocycles. The van der Waals surface area contributed by atoms with Crippen LogP contribution < -0.4 is 5.73 Å². The number of ether oxygens (including phenoxy) is 1. The molecule has 0 unspecified atom stereocenters. The van der Waals surface area contributed by atoms with Crippen LogP contribution in [0.3, 0.4) is 0 Å². The third-order valence-corrected chi connectivity index (χ3v) is 2.10. The van der Waals surface area contributed by atoms with Crippen LogP contribution in [0.15, 0.2) is 18.2 Å². The Kier molecular flexibility index (Phi) is 3.24. The Morgan fingerprint density at radius 1 is 1.43 bits per heavy atom. The van der Waals surface area contributed by atoms with Crippen molar-refractivity contribution in [3.63, 3.8) is 0 Å². The van der Waals surface area contributed by atoms with Crippen molar-refractivity contribution in [2.24, 2.45) is 5.73 Å². The van der Waals surface area contributed by atoms with E-state index in [9.17, 15) is 4.39 Å². The van der Waals surface area contributed by atoms with Crippen molar-refractivity contribution in [3.05, 3.63) is 35.1 Å². The van der Waals surface area contributed by atoms with Crippen molar-refractivity contribution in [2.75, 3.05) is 7.11 Å². The first-order valence-corrected chi connectivity index (χ1v) is 4.52. The van der Waals surface area contributed by atoms with Crippen LogP contribution in [-0.4, -0.2) is 7.11 Å². The van der Waals surface area contributed by atoms with Crippen molar-refractivity contribution in [2.45, 2.75) is 26.0 Å². The number of rotatable bonds is 3. The Labute approximate surface area is 83.9 Å². The zero-order chi connectivity index (χ0) is 10.8. The van der Waals surface area contributed by atoms with E-state index in [-0.39, 0.29) is 12.4 Å².